The number of benzene rings is 1. The van der Waals surface area contributed by atoms with E-state index in [1.165, 1.54) is 6.07 Å². The summed E-state index contributed by atoms with van der Waals surface area (Å²) in [5.74, 6) is 0.440. The average Bonchev–Trinajstić information content (AvgIpc) is 2.18. The molecule has 0 heterocycles. The first kappa shape index (κ1) is 11.5. The average molecular weight is 215 g/mol. The van der Waals surface area contributed by atoms with Gasteiger partial charge in [-0.25, -0.2) is 4.39 Å². The van der Waals surface area contributed by atoms with Gasteiger partial charge in [-0.2, -0.15) is 0 Å². The van der Waals surface area contributed by atoms with Gasteiger partial charge in [0.15, 0.2) is 0 Å². The van der Waals surface area contributed by atoms with Crippen LogP contribution >= 0.6 is 11.6 Å². The van der Waals surface area contributed by atoms with Crippen molar-refractivity contribution >= 4 is 11.6 Å². The minimum Gasteiger partial charge on any atom is -0.207 e. The van der Waals surface area contributed by atoms with Crippen LogP contribution in [0.4, 0.5) is 4.39 Å². The van der Waals surface area contributed by atoms with E-state index in [1.54, 1.807) is 12.1 Å². The van der Waals surface area contributed by atoms with E-state index >= 15 is 0 Å². The molecular formula is C12H16ClF. The van der Waals surface area contributed by atoms with Crippen LogP contribution in [-0.4, -0.2) is 5.88 Å². The maximum Gasteiger partial charge on any atom is 0.123 e. The van der Waals surface area contributed by atoms with Gasteiger partial charge in [-0.1, -0.05) is 26.0 Å². The summed E-state index contributed by atoms with van der Waals surface area (Å²) in [6.45, 7) is 4.24. The summed E-state index contributed by atoms with van der Waals surface area (Å²) >= 11 is 5.90. The Labute approximate surface area is 90.1 Å². The molecule has 1 rings (SSSR count). The molecule has 14 heavy (non-hydrogen) atoms. The van der Waals surface area contributed by atoms with E-state index in [-0.39, 0.29) is 11.2 Å². The summed E-state index contributed by atoms with van der Waals surface area (Å²) in [4.78, 5) is 0. The summed E-state index contributed by atoms with van der Waals surface area (Å²) in [6.07, 6.45) is 1.85. The van der Waals surface area contributed by atoms with Gasteiger partial charge in [0.05, 0.1) is 0 Å². The Balaban J connectivity index is 2.77. The van der Waals surface area contributed by atoms with Crippen molar-refractivity contribution < 1.29 is 4.39 Å². The van der Waals surface area contributed by atoms with Crippen LogP contribution in [0.2, 0.25) is 0 Å². The van der Waals surface area contributed by atoms with Gasteiger partial charge in [0.1, 0.15) is 5.82 Å². The van der Waals surface area contributed by atoms with E-state index in [9.17, 15) is 4.39 Å². The Morgan fingerprint density at radius 1 is 1.43 bits per heavy atom. The summed E-state index contributed by atoms with van der Waals surface area (Å²) in [6, 6.07) is 6.74. The quantitative estimate of drug-likeness (QED) is 0.664. The lowest BCUT2D eigenvalue weighted by Gasteiger charge is -2.25. The zero-order valence-corrected chi connectivity index (χ0v) is 9.44. The lowest BCUT2D eigenvalue weighted by molar-refractivity contribution is 0.355. The first-order valence-electron chi connectivity index (χ1n) is 4.90. The highest BCUT2D eigenvalue weighted by atomic mass is 35.5. The molecule has 0 saturated carbocycles. The van der Waals surface area contributed by atoms with Crippen LogP contribution in [0.15, 0.2) is 24.3 Å². The molecule has 0 saturated heterocycles. The SMILES string of the molecule is CCC(C)(CCl)Cc1cccc(F)c1. The molecule has 78 valence electrons. The molecule has 0 radical (unpaired) electrons. The van der Waals surface area contributed by atoms with Gasteiger partial charge in [0.25, 0.3) is 0 Å². The molecule has 0 N–H and O–H groups in total. The van der Waals surface area contributed by atoms with Crippen LogP contribution in [0.5, 0.6) is 0 Å². The molecule has 0 aliphatic carbocycles. The fraction of sp³-hybridized carbons (Fsp3) is 0.500. The van der Waals surface area contributed by atoms with Crippen molar-refractivity contribution in [1.82, 2.24) is 0 Å². The number of rotatable bonds is 4. The number of halogens is 2. The first-order valence-corrected chi connectivity index (χ1v) is 5.43. The van der Waals surface area contributed by atoms with Crippen LogP contribution in [0.1, 0.15) is 25.8 Å². The first-order chi connectivity index (χ1) is 6.59. The molecule has 0 aromatic heterocycles. The smallest absolute Gasteiger partial charge is 0.123 e. The van der Waals surface area contributed by atoms with Crippen molar-refractivity contribution in [3.05, 3.63) is 35.6 Å². The Kier molecular flexibility index (Phi) is 3.94. The highest BCUT2D eigenvalue weighted by Gasteiger charge is 2.21. The minimum atomic E-state index is -0.171. The number of hydrogen-bond donors (Lipinski definition) is 0. The molecule has 0 spiro atoms. The van der Waals surface area contributed by atoms with Crippen molar-refractivity contribution in [3.63, 3.8) is 0 Å². The van der Waals surface area contributed by atoms with E-state index in [2.05, 4.69) is 13.8 Å². The van der Waals surface area contributed by atoms with Crippen molar-refractivity contribution in [2.75, 3.05) is 5.88 Å². The van der Waals surface area contributed by atoms with E-state index in [4.69, 9.17) is 11.6 Å². The second-order valence-electron chi connectivity index (χ2n) is 4.10. The predicted octanol–water partition coefficient (Wildman–Crippen LogP) is 4.02. The molecule has 0 fully saturated rings. The van der Waals surface area contributed by atoms with E-state index in [1.807, 2.05) is 6.07 Å². The van der Waals surface area contributed by atoms with Crippen molar-refractivity contribution in [2.45, 2.75) is 26.7 Å². The summed E-state index contributed by atoms with van der Waals surface area (Å²) in [5.41, 5.74) is 1.10. The standard InChI is InChI=1S/C12H16ClF/c1-3-12(2,9-13)8-10-5-4-6-11(14)7-10/h4-7H,3,8-9H2,1-2H3. The van der Waals surface area contributed by atoms with Crippen molar-refractivity contribution in [1.29, 1.82) is 0 Å². The van der Waals surface area contributed by atoms with Gasteiger partial charge in [-0.05, 0) is 36.0 Å². The van der Waals surface area contributed by atoms with Gasteiger partial charge in [-0.3, -0.25) is 0 Å². The minimum absolute atomic E-state index is 0.0787. The fourth-order valence-corrected chi connectivity index (χ4v) is 1.69. The van der Waals surface area contributed by atoms with Crippen LogP contribution in [0.3, 0.4) is 0 Å². The van der Waals surface area contributed by atoms with Gasteiger partial charge >= 0.3 is 0 Å². The Morgan fingerprint density at radius 3 is 2.64 bits per heavy atom. The van der Waals surface area contributed by atoms with Crippen LogP contribution in [0.25, 0.3) is 0 Å². The monoisotopic (exact) mass is 214 g/mol. The third kappa shape index (κ3) is 2.98. The van der Waals surface area contributed by atoms with Gasteiger partial charge < -0.3 is 0 Å². The lowest BCUT2D eigenvalue weighted by Crippen LogP contribution is -2.20. The van der Waals surface area contributed by atoms with Crippen LogP contribution in [0, 0.1) is 11.2 Å². The predicted molar refractivity (Wildman–Crippen MR) is 59.2 cm³/mol. The van der Waals surface area contributed by atoms with Crippen LogP contribution in [-0.2, 0) is 6.42 Å². The molecule has 0 aliphatic heterocycles. The maximum atomic E-state index is 12.9. The Bertz CT molecular complexity index is 292. The zero-order chi connectivity index (χ0) is 10.6. The molecule has 1 atom stereocenters. The summed E-state index contributed by atoms with van der Waals surface area (Å²) in [7, 11) is 0. The third-order valence-electron chi connectivity index (χ3n) is 2.70. The normalized spacial score (nSPS) is 15.1. The Hall–Kier alpha value is -0.560. The van der Waals surface area contributed by atoms with Crippen LogP contribution < -0.4 is 0 Å². The molecule has 0 nitrogen and oxygen atoms in total. The molecule has 0 bridgehead atoms. The molecule has 1 aromatic rings. The second kappa shape index (κ2) is 4.79. The number of alkyl halides is 1. The molecule has 1 unspecified atom stereocenters. The summed E-state index contributed by atoms with van der Waals surface area (Å²) < 4.78 is 12.9. The lowest BCUT2D eigenvalue weighted by atomic mass is 9.83. The largest absolute Gasteiger partial charge is 0.207 e. The van der Waals surface area contributed by atoms with Gasteiger partial charge in [0, 0.05) is 5.88 Å². The highest BCUT2D eigenvalue weighted by molar-refractivity contribution is 6.18. The second-order valence-corrected chi connectivity index (χ2v) is 4.37. The third-order valence-corrected chi connectivity index (χ3v) is 3.34. The molecular weight excluding hydrogens is 199 g/mol. The molecule has 2 heteroatoms. The Morgan fingerprint density at radius 2 is 2.14 bits per heavy atom. The fourth-order valence-electron chi connectivity index (χ4n) is 1.41. The van der Waals surface area contributed by atoms with Gasteiger partial charge in [-0.15, -0.1) is 11.6 Å². The highest BCUT2D eigenvalue weighted by Crippen LogP contribution is 2.27. The topological polar surface area (TPSA) is 0 Å². The maximum absolute atomic E-state index is 12.9. The number of hydrogen-bond acceptors (Lipinski definition) is 0. The van der Waals surface area contributed by atoms with E-state index < -0.39 is 0 Å². The van der Waals surface area contributed by atoms with Crippen molar-refractivity contribution in [3.8, 4) is 0 Å². The van der Waals surface area contributed by atoms with E-state index in [0.717, 1.165) is 18.4 Å². The zero-order valence-electron chi connectivity index (χ0n) is 8.69. The van der Waals surface area contributed by atoms with E-state index in [0.29, 0.717) is 5.88 Å². The molecule has 0 amide bonds. The molecule has 0 aliphatic rings. The molecule has 1 aromatic carbocycles. The van der Waals surface area contributed by atoms with Crippen molar-refractivity contribution in [2.24, 2.45) is 5.41 Å². The summed E-state index contributed by atoms with van der Waals surface area (Å²) in [5, 5.41) is 0. The van der Waals surface area contributed by atoms with Gasteiger partial charge in [0.2, 0.25) is 0 Å².